The van der Waals surface area contributed by atoms with Crippen LogP contribution in [0.3, 0.4) is 0 Å². The predicted molar refractivity (Wildman–Crippen MR) is 118 cm³/mol. The van der Waals surface area contributed by atoms with Crippen molar-refractivity contribution in [2.45, 2.75) is 64.1 Å². The molecular formula is C22H25F2N7O. The van der Waals surface area contributed by atoms with Gasteiger partial charge in [-0.3, -0.25) is 0 Å². The molecule has 8 nitrogen and oxygen atoms in total. The van der Waals surface area contributed by atoms with Crippen molar-refractivity contribution in [3.63, 3.8) is 0 Å². The number of fused-ring (bicyclic) bond motifs is 2. The summed E-state index contributed by atoms with van der Waals surface area (Å²) in [5.41, 5.74) is 2.53. The Morgan fingerprint density at radius 2 is 2.03 bits per heavy atom. The highest BCUT2D eigenvalue weighted by Crippen LogP contribution is 2.31. The van der Waals surface area contributed by atoms with Crippen molar-refractivity contribution >= 4 is 28.1 Å². The van der Waals surface area contributed by atoms with Gasteiger partial charge in [0.15, 0.2) is 5.65 Å². The average Bonchev–Trinajstić information content (AvgIpc) is 3.29. The van der Waals surface area contributed by atoms with Crippen LogP contribution in [0.1, 0.15) is 38.4 Å². The molecule has 0 saturated heterocycles. The Balaban J connectivity index is 1.43. The van der Waals surface area contributed by atoms with E-state index in [4.69, 9.17) is 0 Å². The number of alkyl halides is 2. The molecule has 4 aromatic rings. The van der Waals surface area contributed by atoms with Crippen LogP contribution in [0.2, 0.25) is 0 Å². The summed E-state index contributed by atoms with van der Waals surface area (Å²) in [4.78, 5) is 21.2. The van der Waals surface area contributed by atoms with Crippen molar-refractivity contribution in [1.29, 1.82) is 0 Å². The molecule has 0 aromatic carbocycles. The van der Waals surface area contributed by atoms with E-state index < -0.39 is 18.6 Å². The molecule has 0 atom stereocenters. The first kappa shape index (κ1) is 20.7. The van der Waals surface area contributed by atoms with Crippen molar-refractivity contribution in [1.82, 2.24) is 29.5 Å². The summed E-state index contributed by atoms with van der Waals surface area (Å²) < 4.78 is 27.5. The van der Waals surface area contributed by atoms with Crippen molar-refractivity contribution in [2.24, 2.45) is 0 Å². The van der Waals surface area contributed by atoms with Crippen LogP contribution in [0.5, 0.6) is 0 Å². The van der Waals surface area contributed by atoms with Gasteiger partial charge in [-0.2, -0.15) is 4.98 Å². The van der Waals surface area contributed by atoms with Crippen LogP contribution in [0, 0.1) is 6.92 Å². The molecular weight excluding hydrogens is 416 g/mol. The molecule has 5 rings (SSSR count). The molecule has 4 heterocycles. The van der Waals surface area contributed by atoms with Gasteiger partial charge in [0.05, 0.1) is 17.8 Å². The van der Waals surface area contributed by atoms with E-state index in [-0.39, 0.29) is 6.04 Å². The second kappa shape index (κ2) is 7.77. The van der Waals surface area contributed by atoms with E-state index in [2.05, 4.69) is 30.2 Å². The van der Waals surface area contributed by atoms with Crippen molar-refractivity contribution in [3.8, 4) is 11.3 Å². The van der Waals surface area contributed by atoms with Gasteiger partial charge in [0, 0.05) is 29.4 Å². The molecule has 0 aliphatic heterocycles. The third-order valence-corrected chi connectivity index (χ3v) is 6.21. The Morgan fingerprint density at radius 1 is 1.25 bits per heavy atom. The third kappa shape index (κ3) is 3.90. The highest BCUT2D eigenvalue weighted by Gasteiger charge is 2.29. The minimum Gasteiger partial charge on any atom is -0.390 e. The number of nitrogens with one attached hydrogen (secondary N) is 2. The van der Waals surface area contributed by atoms with E-state index in [9.17, 15) is 13.9 Å². The van der Waals surface area contributed by atoms with Gasteiger partial charge in [0.1, 0.15) is 17.0 Å². The summed E-state index contributed by atoms with van der Waals surface area (Å²) in [6.07, 6.45) is 4.27. The fourth-order valence-electron chi connectivity index (χ4n) is 4.38. The van der Waals surface area contributed by atoms with Gasteiger partial charge in [-0.1, -0.05) is 0 Å². The van der Waals surface area contributed by atoms with E-state index in [1.54, 1.807) is 25.4 Å². The number of aromatic amines is 1. The van der Waals surface area contributed by atoms with E-state index in [0.717, 1.165) is 36.6 Å². The number of rotatable bonds is 5. The largest absolute Gasteiger partial charge is 0.390 e. The molecule has 1 fully saturated rings. The maximum atomic E-state index is 13.0. The lowest BCUT2D eigenvalue weighted by Crippen LogP contribution is -2.36. The molecule has 0 amide bonds. The molecule has 32 heavy (non-hydrogen) atoms. The summed E-state index contributed by atoms with van der Waals surface area (Å²) in [5, 5.41) is 14.3. The fraction of sp³-hybridized carbons (Fsp3) is 0.455. The maximum Gasteiger partial charge on any atom is 0.256 e. The van der Waals surface area contributed by atoms with Gasteiger partial charge in [-0.25, -0.2) is 23.7 Å². The molecule has 0 radical (unpaired) electrons. The minimum absolute atomic E-state index is 0.226. The van der Waals surface area contributed by atoms with E-state index in [0.29, 0.717) is 34.3 Å². The van der Waals surface area contributed by atoms with E-state index >= 15 is 0 Å². The Hall–Kier alpha value is -3.14. The number of pyridine rings is 1. The Bertz CT molecular complexity index is 1270. The highest BCUT2D eigenvalue weighted by molar-refractivity contribution is 5.93. The second-order valence-electron chi connectivity index (χ2n) is 8.77. The zero-order chi connectivity index (χ0) is 22.5. The Morgan fingerprint density at radius 3 is 2.78 bits per heavy atom. The molecule has 3 N–H and O–H groups in total. The second-order valence-corrected chi connectivity index (χ2v) is 8.77. The molecule has 4 aromatic heterocycles. The van der Waals surface area contributed by atoms with Gasteiger partial charge in [0.25, 0.3) is 6.43 Å². The van der Waals surface area contributed by atoms with Crippen LogP contribution in [-0.4, -0.2) is 52.7 Å². The van der Waals surface area contributed by atoms with Crippen LogP contribution >= 0.6 is 0 Å². The van der Waals surface area contributed by atoms with Gasteiger partial charge in [0.2, 0.25) is 5.95 Å². The smallest absolute Gasteiger partial charge is 0.256 e. The summed E-state index contributed by atoms with van der Waals surface area (Å²) in [7, 11) is 0. The number of H-pyrrole nitrogens is 1. The number of halogens is 2. The zero-order valence-electron chi connectivity index (χ0n) is 17.9. The molecule has 0 spiro atoms. The number of hydrogen-bond acceptors (Lipinski definition) is 6. The standard InChI is InChI=1S/C22H25F2N7O/c1-12-27-17-4-3-16(29-20(17)31(12)11-18(23)24)14-9-25-19-15(14)10-26-21(30-19)28-13-5-7-22(2,32)8-6-13/h3-4,9-10,13,18,32H,5-8,11H2,1-2H3,(H2,25,26,28,30). The third-order valence-electron chi connectivity index (χ3n) is 6.21. The van der Waals surface area contributed by atoms with Gasteiger partial charge >= 0.3 is 0 Å². The topological polar surface area (TPSA) is 105 Å². The van der Waals surface area contributed by atoms with Gasteiger partial charge in [-0.05, 0) is 51.7 Å². The van der Waals surface area contributed by atoms with Crippen LogP contribution in [0.4, 0.5) is 14.7 Å². The lowest BCUT2D eigenvalue weighted by Gasteiger charge is -2.33. The summed E-state index contributed by atoms with van der Waals surface area (Å²) in [6, 6.07) is 3.84. The monoisotopic (exact) mass is 441 g/mol. The highest BCUT2D eigenvalue weighted by atomic mass is 19.3. The SMILES string of the molecule is Cc1nc2ccc(-c3c[nH]c4nc(NC5CCC(C)(O)CC5)ncc34)nc2n1CC(F)F. The van der Waals surface area contributed by atoms with Gasteiger partial charge < -0.3 is 20.0 Å². The van der Waals surface area contributed by atoms with Gasteiger partial charge in [-0.15, -0.1) is 0 Å². The average molecular weight is 441 g/mol. The number of aliphatic hydroxyl groups is 1. The van der Waals surface area contributed by atoms with Crippen LogP contribution < -0.4 is 5.32 Å². The number of anilines is 1. The number of aryl methyl sites for hydroxylation is 1. The first-order valence-electron chi connectivity index (χ1n) is 10.7. The molecule has 1 aliphatic carbocycles. The number of hydrogen-bond donors (Lipinski definition) is 3. The lowest BCUT2D eigenvalue weighted by molar-refractivity contribution is 0.0195. The lowest BCUT2D eigenvalue weighted by atomic mass is 9.84. The van der Waals surface area contributed by atoms with Crippen molar-refractivity contribution in [2.75, 3.05) is 5.32 Å². The molecule has 1 aliphatic rings. The van der Waals surface area contributed by atoms with Crippen molar-refractivity contribution in [3.05, 3.63) is 30.4 Å². The molecule has 10 heteroatoms. The van der Waals surface area contributed by atoms with E-state index in [1.165, 1.54) is 4.57 Å². The van der Waals surface area contributed by atoms with Crippen LogP contribution in [0.15, 0.2) is 24.5 Å². The Kier molecular flexibility index (Phi) is 5.04. The predicted octanol–water partition coefficient (Wildman–Crippen LogP) is 4.05. The van der Waals surface area contributed by atoms with E-state index in [1.807, 2.05) is 13.0 Å². The fourth-order valence-corrected chi connectivity index (χ4v) is 4.38. The number of imidazole rings is 1. The van der Waals surface area contributed by atoms with Crippen LogP contribution in [0.25, 0.3) is 33.5 Å². The molecule has 0 unspecified atom stereocenters. The summed E-state index contributed by atoms with van der Waals surface area (Å²) in [6.45, 7) is 3.13. The molecule has 168 valence electrons. The first-order chi connectivity index (χ1) is 15.3. The number of aromatic nitrogens is 6. The van der Waals surface area contributed by atoms with Crippen molar-refractivity contribution < 1.29 is 13.9 Å². The summed E-state index contributed by atoms with van der Waals surface area (Å²) >= 11 is 0. The molecule has 1 saturated carbocycles. The number of nitrogens with zero attached hydrogens (tertiary/aromatic N) is 5. The first-order valence-corrected chi connectivity index (χ1v) is 10.7. The maximum absolute atomic E-state index is 13.0. The minimum atomic E-state index is -2.49. The quantitative estimate of drug-likeness (QED) is 0.432. The summed E-state index contributed by atoms with van der Waals surface area (Å²) in [5.74, 6) is 1.04. The Labute approximate surface area is 183 Å². The zero-order valence-corrected chi connectivity index (χ0v) is 17.9. The van der Waals surface area contributed by atoms with Crippen LogP contribution in [-0.2, 0) is 6.54 Å². The molecule has 0 bridgehead atoms. The normalized spacial score (nSPS) is 21.6.